The van der Waals surface area contributed by atoms with Crippen molar-refractivity contribution in [2.45, 2.75) is 0 Å². The van der Waals surface area contributed by atoms with Crippen molar-refractivity contribution in [1.29, 1.82) is 0 Å². The first-order valence-electron chi connectivity index (χ1n) is 7.01. The molecule has 0 bridgehead atoms. The molecule has 0 radical (unpaired) electrons. The average Bonchev–Trinajstić information content (AvgIpc) is 3.11. The Kier molecular flexibility index (Phi) is 3.63. The Labute approximate surface area is 129 Å². The molecule has 0 atom stereocenters. The number of nitrogens with zero attached hydrogens (tertiary/aromatic N) is 3. The molecule has 22 heavy (non-hydrogen) atoms. The van der Waals surface area contributed by atoms with Crippen molar-refractivity contribution in [3.63, 3.8) is 0 Å². The molecule has 1 aromatic carbocycles. The zero-order valence-electron chi connectivity index (χ0n) is 13.2. The van der Waals surface area contributed by atoms with Gasteiger partial charge in [0.1, 0.15) is 17.3 Å². The van der Waals surface area contributed by atoms with E-state index >= 15 is 0 Å². The Morgan fingerprint density at radius 2 is 1.68 bits per heavy atom. The van der Waals surface area contributed by atoms with Crippen LogP contribution in [-0.2, 0) is 14.1 Å². The first kappa shape index (κ1) is 14.3. The summed E-state index contributed by atoms with van der Waals surface area (Å²) in [6.07, 6.45) is 5.79. The van der Waals surface area contributed by atoms with E-state index in [1.165, 1.54) is 0 Å². The first-order chi connectivity index (χ1) is 10.7. The van der Waals surface area contributed by atoms with Gasteiger partial charge in [0.2, 0.25) is 0 Å². The summed E-state index contributed by atoms with van der Waals surface area (Å²) in [5, 5.41) is 0. The van der Waals surface area contributed by atoms with E-state index in [0.29, 0.717) is 0 Å². The molecule has 0 aliphatic heterocycles. The van der Waals surface area contributed by atoms with Crippen LogP contribution in [0.25, 0.3) is 22.6 Å². The maximum atomic E-state index is 5.51. The van der Waals surface area contributed by atoms with Gasteiger partial charge in [-0.2, -0.15) is 0 Å². The molecular weight excluding hydrogens is 278 g/mol. The molecule has 0 fully saturated rings. The van der Waals surface area contributed by atoms with E-state index in [9.17, 15) is 0 Å². The topological polar surface area (TPSA) is 41.2 Å². The van der Waals surface area contributed by atoms with Gasteiger partial charge in [0.25, 0.3) is 0 Å². The van der Waals surface area contributed by atoms with Gasteiger partial charge in [0, 0.05) is 38.2 Å². The van der Waals surface area contributed by atoms with Gasteiger partial charge in [0.05, 0.1) is 25.5 Å². The minimum Gasteiger partial charge on any atom is -0.496 e. The molecule has 3 aromatic rings. The molecule has 114 valence electrons. The molecule has 5 nitrogen and oxygen atoms in total. The van der Waals surface area contributed by atoms with Gasteiger partial charge < -0.3 is 18.6 Å². The monoisotopic (exact) mass is 297 g/mol. The molecule has 0 aliphatic rings. The highest BCUT2D eigenvalue weighted by molar-refractivity contribution is 5.78. The Morgan fingerprint density at radius 3 is 2.23 bits per heavy atom. The quantitative estimate of drug-likeness (QED) is 0.743. The van der Waals surface area contributed by atoms with Crippen LogP contribution in [0, 0.1) is 0 Å². The van der Waals surface area contributed by atoms with Gasteiger partial charge in [-0.15, -0.1) is 0 Å². The third-order valence-electron chi connectivity index (χ3n) is 3.77. The summed E-state index contributed by atoms with van der Waals surface area (Å²) in [6, 6.07) is 7.89. The largest absolute Gasteiger partial charge is 0.496 e. The second kappa shape index (κ2) is 5.60. The fourth-order valence-electron chi connectivity index (χ4n) is 2.68. The highest BCUT2D eigenvalue weighted by Crippen LogP contribution is 2.39. The standard InChI is InChI=1S/C17H19N3O2/c1-19-9-8-18-17(19)12-10-13(20(2)11-12)16-14(21-3)6-5-7-15(16)22-4/h5-11H,1-4H3. The van der Waals surface area contributed by atoms with Crippen molar-refractivity contribution in [2.75, 3.05) is 14.2 Å². The Morgan fingerprint density at radius 1 is 1.00 bits per heavy atom. The predicted molar refractivity (Wildman–Crippen MR) is 86.2 cm³/mol. The number of methoxy groups -OCH3 is 2. The van der Waals surface area contributed by atoms with E-state index in [2.05, 4.69) is 21.8 Å². The molecule has 3 rings (SSSR count). The maximum Gasteiger partial charge on any atom is 0.141 e. The van der Waals surface area contributed by atoms with Crippen LogP contribution >= 0.6 is 0 Å². The lowest BCUT2D eigenvalue weighted by atomic mass is 10.1. The summed E-state index contributed by atoms with van der Waals surface area (Å²) in [5.41, 5.74) is 3.01. The lowest BCUT2D eigenvalue weighted by Gasteiger charge is -2.13. The molecule has 0 saturated carbocycles. The van der Waals surface area contributed by atoms with Crippen LogP contribution in [0.1, 0.15) is 0 Å². The second-order valence-corrected chi connectivity index (χ2v) is 5.12. The lowest BCUT2D eigenvalue weighted by molar-refractivity contribution is 0.397. The third kappa shape index (κ3) is 2.24. The number of aromatic nitrogens is 3. The van der Waals surface area contributed by atoms with Crippen LogP contribution in [0.2, 0.25) is 0 Å². The lowest BCUT2D eigenvalue weighted by Crippen LogP contribution is -1.96. The molecule has 0 aliphatic carbocycles. The number of rotatable bonds is 4. The van der Waals surface area contributed by atoms with Gasteiger partial charge in [-0.25, -0.2) is 4.98 Å². The number of benzene rings is 1. The van der Waals surface area contributed by atoms with Crippen molar-refractivity contribution < 1.29 is 9.47 Å². The summed E-state index contributed by atoms with van der Waals surface area (Å²) in [7, 11) is 7.33. The molecule has 0 spiro atoms. The van der Waals surface area contributed by atoms with Crippen molar-refractivity contribution >= 4 is 0 Å². The molecule has 0 unspecified atom stereocenters. The molecule has 2 aromatic heterocycles. The average molecular weight is 297 g/mol. The SMILES string of the molecule is COc1cccc(OC)c1-c1cc(-c2nccn2C)cn1C. The Balaban J connectivity index is 2.18. The predicted octanol–water partition coefficient (Wildman–Crippen LogP) is 3.11. The Hall–Kier alpha value is -2.69. The number of aryl methyl sites for hydroxylation is 2. The summed E-state index contributed by atoms with van der Waals surface area (Å²) in [5.74, 6) is 2.49. The number of hydrogen-bond donors (Lipinski definition) is 0. The van der Waals surface area contributed by atoms with Gasteiger partial charge in [-0.1, -0.05) is 6.07 Å². The van der Waals surface area contributed by atoms with E-state index in [1.807, 2.05) is 43.1 Å². The maximum absolute atomic E-state index is 5.51. The van der Waals surface area contributed by atoms with Gasteiger partial charge >= 0.3 is 0 Å². The Bertz CT molecular complexity index is 780. The van der Waals surface area contributed by atoms with Crippen LogP contribution in [0.15, 0.2) is 42.9 Å². The van der Waals surface area contributed by atoms with Crippen molar-refractivity contribution in [1.82, 2.24) is 14.1 Å². The van der Waals surface area contributed by atoms with Crippen LogP contribution < -0.4 is 9.47 Å². The van der Waals surface area contributed by atoms with Crippen LogP contribution in [0.3, 0.4) is 0 Å². The van der Waals surface area contributed by atoms with E-state index in [-0.39, 0.29) is 0 Å². The highest BCUT2D eigenvalue weighted by Gasteiger charge is 2.17. The molecule has 0 saturated heterocycles. The van der Waals surface area contributed by atoms with E-state index in [1.54, 1.807) is 20.4 Å². The third-order valence-corrected chi connectivity index (χ3v) is 3.77. The van der Waals surface area contributed by atoms with Gasteiger partial charge in [0.15, 0.2) is 0 Å². The minimum atomic E-state index is 0.784. The van der Waals surface area contributed by atoms with Gasteiger partial charge in [-0.05, 0) is 18.2 Å². The smallest absolute Gasteiger partial charge is 0.141 e. The summed E-state index contributed by atoms with van der Waals surface area (Å²) < 4.78 is 15.1. The van der Waals surface area contributed by atoms with Crippen molar-refractivity contribution in [2.24, 2.45) is 14.1 Å². The number of imidazole rings is 1. The van der Waals surface area contributed by atoms with E-state index in [4.69, 9.17) is 9.47 Å². The molecule has 2 heterocycles. The zero-order valence-corrected chi connectivity index (χ0v) is 13.2. The summed E-state index contributed by atoms with van der Waals surface area (Å²) in [6.45, 7) is 0. The fraction of sp³-hybridized carbons (Fsp3) is 0.235. The second-order valence-electron chi connectivity index (χ2n) is 5.12. The highest BCUT2D eigenvalue weighted by atomic mass is 16.5. The minimum absolute atomic E-state index is 0.784. The number of ether oxygens (including phenoxy) is 2. The molecule has 0 N–H and O–H groups in total. The summed E-state index contributed by atoms with van der Waals surface area (Å²) >= 11 is 0. The molecule has 5 heteroatoms. The van der Waals surface area contributed by atoms with E-state index in [0.717, 1.165) is 34.1 Å². The first-order valence-corrected chi connectivity index (χ1v) is 7.01. The van der Waals surface area contributed by atoms with Crippen LogP contribution in [-0.4, -0.2) is 28.3 Å². The van der Waals surface area contributed by atoms with Crippen LogP contribution in [0.5, 0.6) is 11.5 Å². The normalized spacial score (nSPS) is 10.7. The molecule has 0 amide bonds. The van der Waals surface area contributed by atoms with E-state index < -0.39 is 0 Å². The van der Waals surface area contributed by atoms with Crippen LogP contribution in [0.4, 0.5) is 0 Å². The zero-order chi connectivity index (χ0) is 15.7. The molecular formula is C17H19N3O2. The van der Waals surface area contributed by atoms with Gasteiger partial charge in [-0.3, -0.25) is 0 Å². The summed E-state index contributed by atoms with van der Waals surface area (Å²) in [4.78, 5) is 4.41. The fourth-order valence-corrected chi connectivity index (χ4v) is 2.68. The van der Waals surface area contributed by atoms with Crippen molar-refractivity contribution in [3.8, 4) is 34.1 Å². The number of hydrogen-bond acceptors (Lipinski definition) is 3. The van der Waals surface area contributed by atoms with Crippen molar-refractivity contribution in [3.05, 3.63) is 42.9 Å².